The molecular formula is C15H30N2O. The van der Waals surface area contributed by atoms with Crippen LogP contribution in [0.4, 0.5) is 0 Å². The molecule has 0 heterocycles. The van der Waals surface area contributed by atoms with E-state index in [0.717, 1.165) is 32.2 Å². The van der Waals surface area contributed by atoms with Gasteiger partial charge in [0.25, 0.3) is 0 Å². The highest BCUT2D eigenvalue weighted by Gasteiger charge is 2.36. The molecule has 0 radical (unpaired) electrons. The molecule has 1 fully saturated rings. The first-order valence-corrected chi connectivity index (χ1v) is 7.50. The summed E-state index contributed by atoms with van der Waals surface area (Å²) in [6.45, 7) is 9.53. The molecule has 3 heteroatoms. The third-order valence-corrected chi connectivity index (χ3v) is 4.12. The maximum Gasteiger partial charge on any atom is 0.224 e. The topological polar surface area (TPSA) is 46.3 Å². The molecule has 3 nitrogen and oxygen atoms in total. The number of carbonyl (C=O) groups is 1. The number of nitrogens with two attached hydrogens (primary N) is 1. The van der Waals surface area contributed by atoms with Crippen LogP contribution in [0.3, 0.4) is 0 Å². The van der Waals surface area contributed by atoms with Gasteiger partial charge in [-0.15, -0.1) is 0 Å². The largest absolute Gasteiger partial charge is 0.339 e. The molecule has 1 rings (SSSR count). The minimum absolute atomic E-state index is 0.196. The van der Waals surface area contributed by atoms with Gasteiger partial charge in [0.1, 0.15) is 0 Å². The van der Waals surface area contributed by atoms with Crippen LogP contribution in [0, 0.1) is 5.92 Å². The minimum atomic E-state index is -0.196. The van der Waals surface area contributed by atoms with Crippen LogP contribution in [0.25, 0.3) is 0 Å². The Balaban J connectivity index is 2.65. The van der Waals surface area contributed by atoms with Gasteiger partial charge in [-0.05, 0) is 38.0 Å². The molecule has 1 aliphatic rings. The molecule has 1 amide bonds. The summed E-state index contributed by atoms with van der Waals surface area (Å²) in [5.41, 5.74) is 6.01. The first-order chi connectivity index (χ1) is 8.41. The standard InChI is InChI=1S/C15H30N2O/c1-5-13(6-2)17(11-12(3)4)14(18)10-15(16)8-7-9-15/h12-13H,5-11,16H2,1-4H3. The van der Waals surface area contributed by atoms with Gasteiger partial charge in [0.15, 0.2) is 0 Å². The van der Waals surface area contributed by atoms with E-state index in [4.69, 9.17) is 5.73 Å². The zero-order valence-corrected chi connectivity index (χ0v) is 12.5. The Bertz CT molecular complexity index is 268. The molecule has 0 aliphatic heterocycles. The van der Waals surface area contributed by atoms with Crippen LogP contribution in [-0.4, -0.2) is 28.9 Å². The summed E-state index contributed by atoms with van der Waals surface area (Å²) in [4.78, 5) is 14.6. The normalized spacial score (nSPS) is 17.9. The van der Waals surface area contributed by atoms with Crippen molar-refractivity contribution in [2.75, 3.05) is 6.54 Å². The summed E-state index contributed by atoms with van der Waals surface area (Å²) < 4.78 is 0. The summed E-state index contributed by atoms with van der Waals surface area (Å²) in [6, 6.07) is 0.378. The van der Waals surface area contributed by atoms with Gasteiger partial charge >= 0.3 is 0 Å². The van der Waals surface area contributed by atoms with Gasteiger partial charge in [-0.2, -0.15) is 0 Å². The molecule has 0 spiro atoms. The summed E-state index contributed by atoms with van der Waals surface area (Å²) in [5.74, 6) is 0.782. The van der Waals surface area contributed by atoms with E-state index < -0.39 is 0 Å². The van der Waals surface area contributed by atoms with E-state index in [9.17, 15) is 4.79 Å². The lowest BCUT2D eigenvalue weighted by atomic mass is 9.75. The van der Waals surface area contributed by atoms with Crippen LogP contribution in [0.5, 0.6) is 0 Å². The van der Waals surface area contributed by atoms with Crippen molar-refractivity contribution in [2.45, 2.75) is 77.8 Å². The molecule has 106 valence electrons. The zero-order chi connectivity index (χ0) is 13.8. The number of amides is 1. The van der Waals surface area contributed by atoms with Crippen molar-refractivity contribution in [3.63, 3.8) is 0 Å². The molecule has 0 aromatic carbocycles. The Morgan fingerprint density at radius 3 is 2.17 bits per heavy atom. The first kappa shape index (κ1) is 15.5. The molecule has 2 N–H and O–H groups in total. The van der Waals surface area contributed by atoms with Crippen LogP contribution in [0.15, 0.2) is 0 Å². The smallest absolute Gasteiger partial charge is 0.224 e. The molecule has 0 aromatic heterocycles. The molecule has 0 aromatic rings. The van der Waals surface area contributed by atoms with E-state index in [1.807, 2.05) is 0 Å². The lowest BCUT2D eigenvalue weighted by molar-refractivity contribution is -0.136. The zero-order valence-electron chi connectivity index (χ0n) is 12.5. The summed E-state index contributed by atoms with van der Waals surface area (Å²) in [5, 5.41) is 0. The molecule has 0 bridgehead atoms. The highest BCUT2D eigenvalue weighted by atomic mass is 16.2. The van der Waals surface area contributed by atoms with Crippen LogP contribution >= 0.6 is 0 Å². The summed E-state index contributed by atoms with van der Waals surface area (Å²) in [7, 11) is 0. The van der Waals surface area contributed by atoms with Gasteiger partial charge in [-0.3, -0.25) is 4.79 Å². The molecule has 0 unspecified atom stereocenters. The van der Waals surface area contributed by atoms with Crippen molar-refractivity contribution in [3.05, 3.63) is 0 Å². The van der Waals surface area contributed by atoms with E-state index >= 15 is 0 Å². The second kappa shape index (κ2) is 6.55. The van der Waals surface area contributed by atoms with E-state index in [0.29, 0.717) is 18.4 Å². The number of carbonyl (C=O) groups excluding carboxylic acids is 1. The summed E-state index contributed by atoms with van der Waals surface area (Å²) >= 11 is 0. The molecule has 0 saturated heterocycles. The molecule has 0 atom stereocenters. The van der Waals surface area contributed by atoms with E-state index in [1.54, 1.807) is 0 Å². The Labute approximate surface area is 112 Å². The lowest BCUT2D eigenvalue weighted by Crippen LogP contribution is -2.52. The highest BCUT2D eigenvalue weighted by Crippen LogP contribution is 2.33. The second-order valence-corrected chi connectivity index (χ2v) is 6.30. The average molecular weight is 254 g/mol. The van der Waals surface area contributed by atoms with Gasteiger partial charge in [0, 0.05) is 24.5 Å². The molecular weight excluding hydrogens is 224 g/mol. The maximum absolute atomic E-state index is 12.5. The third kappa shape index (κ3) is 3.98. The van der Waals surface area contributed by atoms with E-state index in [-0.39, 0.29) is 11.4 Å². The highest BCUT2D eigenvalue weighted by molar-refractivity contribution is 5.78. The fourth-order valence-electron chi connectivity index (χ4n) is 2.79. The fourth-order valence-corrected chi connectivity index (χ4v) is 2.79. The average Bonchev–Trinajstić information content (AvgIpc) is 2.26. The number of hydrogen-bond donors (Lipinski definition) is 1. The number of hydrogen-bond acceptors (Lipinski definition) is 2. The van der Waals surface area contributed by atoms with E-state index in [1.165, 1.54) is 6.42 Å². The number of rotatable bonds is 7. The summed E-state index contributed by atoms with van der Waals surface area (Å²) in [6.07, 6.45) is 5.81. The van der Waals surface area contributed by atoms with Gasteiger partial charge < -0.3 is 10.6 Å². The van der Waals surface area contributed by atoms with Gasteiger partial charge in [0.05, 0.1) is 0 Å². The van der Waals surface area contributed by atoms with Crippen molar-refractivity contribution < 1.29 is 4.79 Å². The van der Waals surface area contributed by atoms with E-state index in [2.05, 4.69) is 32.6 Å². The Hall–Kier alpha value is -0.570. The lowest BCUT2D eigenvalue weighted by Gasteiger charge is -2.40. The monoisotopic (exact) mass is 254 g/mol. The van der Waals surface area contributed by atoms with Gasteiger partial charge in [0.2, 0.25) is 5.91 Å². The second-order valence-electron chi connectivity index (χ2n) is 6.30. The Kier molecular flexibility index (Phi) is 5.64. The van der Waals surface area contributed by atoms with Crippen LogP contribution in [0.1, 0.15) is 66.2 Å². The van der Waals surface area contributed by atoms with Gasteiger partial charge in [-0.25, -0.2) is 0 Å². The number of nitrogens with zero attached hydrogens (tertiary/aromatic N) is 1. The molecule has 18 heavy (non-hydrogen) atoms. The van der Waals surface area contributed by atoms with Crippen molar-refractivity contribution in [1.29, 1.82) is 0 Å². The van der Waals surface area contributed by atoms with Crippen LogP contribution in [0.2, 0.25) is 0 Å². The SMILES string of the molecule is CCC(CC)N(CC(C)C)C(=O)CC1(N)CCC1. The predicted molar refractivity (Wildman–Crippen MR) is 76.3 cm³/mol. The minimum Gasteiger partial charge on any atom is -0.339 e. The fraction of sp³-hybridized carbons (Fsp3) is 0.933. The van der Waals surface area contributed by atoms with Crippen LogP contribution < -0.4 is 5.73 Å². The molecule has 1 saturated carbocycles. The Morgan fingerprint density at radius 2 is 1.83 bits per heavy atom. The maximum atomic E-state index is 12.5. The quantitative estimate of drug-likeness (QED) is 0.759. The third-order valence-electron chi connectivity index (χ3n) is 4.12. The van der Waals surface area contributed by atoms with Crippen molar-refractivity contribution >= 4 is 5.91 Å². The van der Waals surface area contributed by atoms with Crippen molar-refractivity contribution in [1.82, 2.24) is 4.90 Å². The van der Waals surface area contributed by atoms with Crippen molar-refractivity contribution in [2.24, 2.45) is 11.7 Å². The van der Waals surface area contributed by atoms with Gasteiger partial charge in [-0.1, -0.05) is 27.7 Å². The van der Waals surface area contributed by atoms with Crippen molar-refractivity contribution in [3.8, 4) is 0 Å². The molecule has 1 aliphatic carbocycles. The Morgan fingerprint density at radius 1 is 1.28 bits per heavy atom. The first-order valence-electron chi connectivity index (χ1n) is 7.50. The predicted octanol–water partition coefficient (Wildman–Crippen LogP) is 2.93. The van der Waals surface area contributed by atoms with Crippen LogP contribution in [-0.2, 0) is 4.79 Å².